The molecule has 0 bridgehead atoms. The molecule has 2 atom stereocenters. The molecule has 0 spiro atoms. The Morgan fingerprint density at radius 1 is 0.950 bits per heavy atom. The second kappa shape index (κ2) is 17.5. The van der Waals surface area contributed by atoms with Crippen LogP contribution in [0.5, 0.6) is 0 Å². The zero-order valence-electron chi connectivity index (χ0n) is 27.2. The zero-order valence-corrected chi connectivity index (χ0v) is 27.2. The van der Waals surface area contributed by atoms with Gasteiger partial charge in [0.1, 0.15) is 0 Å². The van der Waals surface area contributed by atoms with Crippen molar-refractivity contribution in [3.63, 3.8) is 0 Å². The van der Waals surface area contributed by atoms with Gasteiger partial charge >= 0.3 is 0 Å². The monoisotopic (exact) mass is 558 g/mol. The number of rotatable bonds is 9. The summed E-state index contributed by atoms with van der Waals surface area (Å²) in [5.74, 6) is -2.03. The average Bonchev–Trinajstić information content (AvgIpc) is 3.59. The van der Waals surface area contributed by atoms with Crippen molar-refractivity contribution in [3.8, 4) is 0 Å². The van der Waals surface area contributed by atoms with Gasteiger partial charge in [-0.2, -0.15) is 4.58 Å². The molecule has 3 nitrogen and oxygen atoms in total. The molecule has 0 radical (unpaired) electrons. The smallest absolute Gasteiger partial charge is 0.291 e. The largest absolute Gasteiger partial charge is 0.373 e. The van der Waals surface area contributed by atoms with Crippen LogP contribution in [0.3, 0.4) is 0 Å². The Balaban J connectivity index is 0.000000288. The Morgan fingerprint density at radius 2 is 1.55 bits per heavy atom. The van der Waals surface area contributed by atoms with Crippen LogP contribution in [0.15, 0.2) is 64.6 Å². The zero-order chi connectivity index (χ0) is 30.3. The number of fused-ring (bicyclic) bond motifs is 2. The van der Waals surface area contributed by atoms with Crippen LogP contribution in [0.2, 0.25) is 0 Å². The number of hydrogen-bond acceptors (Lipinski definition) is 2. The van der Waals surface area contributed by atoms with Crippen LogP contribution in [0.4, 0.5) is 8.78 Å². The van der Waals surface area contributed by atoms with Gasteiger partial charge in [-0.3, -0.25) is 0 Å². The van der Waals surface area contributed by atoms with E-state index in [1.54, 1.807) is 23.2 Å². The predicted octanol–water partition coefficient (Wildman–Crippen LogP) is 10.5. The minimum absolute atomic E-state index is 0.214. The SMILES string of the molecule is CC1=NC=[N+]2C=C(CC(C)(F)F)C=C12.CCC.CCC1=CC2C(C=C1)C=CN2C.CCCC(CC)(CC)CCC. The van der Waals surface area contributed by atoms with Crippen LogP contribution in [0.1, 0.15) is 120 Å². The summed E-state index contributed by atoms with van der Waals surface area (Å²) >= 11 is 0. The van der Waals surface area contributed by atoms with Crippen LogP contribution in [-0.2, 0) is 0 Å². The molecule has 0 aromatic carbocycles. The van der Waals surface area contributed by atoms with E-state index in [0.29, 0.717) is 22.9 Å². The van der Waals surface area contributed by atoms with E-state index in [9.17, 15) is 8.78 Å². The standard InChI is InChI=1S/C11H15N.C11H24.C10H11F2N2.C3H8/c1-3-9-4-5-10-6-7-12(2)11(10)8-9;1-5-9-11(7-3,8-4)10-6-2;1-7-9-3-8(4-10(2,11)12)5-14(9)6-13-7;1-3-2/h4-8,10-11H,3H2,1-2H3;5-10H2,1-4H3;3,5-6H,4H2,1-2H3;3H2,1-2H3/q;;+1;. The molecule has 0 N–H and O–H groups in total. The Bertz CT molecular complexity index is 977. The maximum Gasteiger partial charge on any atom is 0.291 e. The highest BCUT2D eigenvalue weighted by molar-refractivity contribution is 6.03. The predicted molar refractivity (Wildman–Crippen MR) is 171 cm³/mol. The lowest BCUT2D eigenvalue weighted by atomic mass is 9.75. The van der Waals surface area contributed by atoms with Crippen LogP contribution in [0.25, 0.3) is 0 Å². The summed E-state index contributed by atoms with van der Waals surface area (Å²) in [6.07, 6.45) is 27.0. The van der Waals surface area contributed by atoms with Crippen molar-refractivity contribution in [3.05, 3.63) is 59.6 Å². The Morgan fingerprint density at radius 3 is 2.02 bits per heavy atom. The Hall–Kier alpha value is -2.30. The van der Waals surface area contributed by atoms with E-state index in [2.05, 4.69) is 95.9 Å². The van der Waals surface area contributed by atoms with Crippen molar-refractivity contribution < 1.29 is 13.4 Å². The molecule has 2 unspecified atom stereocenters. The first-order valence-electron chi connectivity index (χ1n) is 15.7. The van der Waals surface area contributed by atoms with Crippen LogP contribution >= 0.6 is 0 Å². The first-order valence-corrected chi connectivity index (χ1v) is 15.7. The van der Waals surface area contributed by atoms with Gasteiger partial charge in [-0.25, -0.2) is 8.78 Å². The van der Waals surface area contributed by atoms with Crippen LogP contribution in [-0.4, -0.2) is 40.5 Å². The van der Waals surface area contributed by atoms with Crippen molar-refractivity contribution in [1.82, 2.24) is 4.90 Å². The first kappa shape index (κ1) is 35.7. The van der Waals surface area contributed by atoms with Crippen LogP contribution < -0.4 is 0 Å². The third-order valence-electron chi connectivity index (χ3n) is 7.96. The van der Waals surface area contributed by atoms with Crippen molar-refractivity contribution in [2.75, 3.05) is 7.05 Å². The van der Waals surface area contributed by atoms with Gasteiger partial charge in [-0.05, 0) is 48.9 Å². The summed E-state index contributed by atoms with van der Waals surface area (Å²) in [7, 11) is 2.14. The average molecular weight is 559 g/mol. The molecule has 3 heterocycles. The Labute approximate surface area is 245 Å². The topological polar surface area (TPSA) is 18.6 Å². The lowest BCUT2D eigenvalue weighted by molar-refractivity contribution is -0.379. The highest BCUT2D eigenvalue weighted by atomic mass is 19.3. The molecule has 0 aromatic rings. The summed E-state index contributed by atoms with van der Waals surface area (Å²) in [6.45, 7) is 18.5. The maximum absolute atomic E-state index is 12.7. The van der Waals surface area contributed by atoms with Gasteiger partial charge in [0.05, 0.1) is 12.2 Å². The van der Waals surface area contributed by atoms with Crippen molar-refractivity contribution in [2.24, 2.45) is 16.3 Å². The number of halogens is 2. The summed E-state index contributed by atoms with van der Waals surface area (Å²) < 4.78 is 27.2. The van der Waals surface area contributed by atoms with Gasteiger partial charge < -0.3 is 4.90 Å². The molecule has 1 aliphatic carbocycles. The molecule has 0 amide bonds. The molecule has 4 rings (SSSR count). The molecule has 226 valence electrons. The number of alkyl halides is 2. The highest BCUT2D eigenvalue weighted by Crippen LogP contribution is 2.36. The lowest BCUT2D eigenvalue weighted by Crippen LogP contribution is -2.27. The third kappa shape index (κ3) is 11.3. The lowest BCUT2D eigenvalue weighted by Gasteiger charge is -2.31. The van der Waals surface area contributed by atoms with Gasteiger partial charge in [0, 0.05) is 31.9 Å². The normalized spacial score (nSPS) is 20.4. The molecule has 0 fully saturated rings. The minimum Gasteiger partial charge on any atom is -0.373 e. The van der Waals surface area contributed by atoms with Crippen molar-refractivity contribution >= 4 is 12.1 Å². The summed E-state index contributed by atoms with van der Waals surface area (Å²) in [5, 5.41) is 0. The van der Waals surface area contributed by atoms with E-state index in [1.165, 1.54) is 50.5 Å². The van der Waals surface area contributed by atoms with Gasteiger partial charge in [-0.15, -0.1) is 0 Å². The molecule has 4 aliphatic rings. The van der Waals surface area contributed by atoms with Gasteiger partial charge in [0.25, 0.3) is 6.34 Å². The van der Waals surface area contributed by atoms with E-state index >= 15 is 0 Å². The molecule has 40 heavy (non-hydrogen) atoms. The van der Waals surface area contributed by atoms with Crippen molar-refractivity contribution in [2.45, 2.75) is 132 Å². The van der Waals surface area contributed by atoms with Gasteiger partial charge in [0.2, 0.25) is 5.92 Å². The second-order valence-electron chi connectivity index (χ2n) is 11.7. The molecule has 0 aromatic heterocycles. The number of aliphatic imine (C=N–C) groups is 1. The number of allylic oxidation sites excluding steroid dienone is 5. The van der Waals surface area contributed by atoms with Crippen molar-refractivity contribution in [1.29, 1.82) is 0 Å². The summed E-state index contributed by atoms with van der Waals surface area (Å²) in [5.41, 5.74) is 4.58. The fourth-order valence-corrected chi connectivity index (χ4v) is 5.61. The fourth-order valence-electron chi connectivity index (χ4n) is 5.61. The second-order valence-corrected chi connectivity index (χ2v) is 11.7. The molecular formula is C35H58F2N3+. The van der Waals surface area contributed by atoms with Gasteiger partial charge in [0.15, 0.2) is 11.4 Å². The number of nitrogens with zero attached hydrogens (tertiary/aromatic N) is 3. The van der Waals surface area contributed by atoms with Gasteiger partial charge in [-0.1, -0.05) is 110 Å². The number of likely N-dealkylation sites (N-methyl/N-ethyl adjacent to an activating group) is 1. The summed E-state index contributed by atoms with van der Waals surface area (Å²) in [6, 6.07) is 0.588. The Kier molecular flexibility index (Phi) is 15.6. The maximum atomic E-state index is 12.7. The fraction of sp³-hybridized carbons (Fsp3) is 0.657. The minimum atomic E-state index is -2.65. The third-order valence-corrected chi connectivity index (χ3v) is 7.96. The van der Waals surface area contributed by atoms with E-state index in [-0.39, 0.29) is 6.42 Å². The quantitative estimate of drug-likeness (QED) is 0.258. The van der Waals surface area contributed by atoms with E-state index < -0.39 is 5.92 Å². The van der Waals surface area contributed by atoms with E-state index in [4.69, 9.17) is 0 Å². The number of hydrogen-bond donors (Lipinski definition) is 0. The van der Waals surface area contributed by atoms with E-state index in [1.807, 2.05) is 6.92 Å². The first-order chi connectivity index (χ1) is 18.9. The molecule has 0 saturated heterocycles. The molecule has 5 heteroatoms. The summed E-state index contributed by atoms with van der Waals surface area (Å²) in [4.78, 5) is 6.35. The highest BCUT2D eigenvalue weighted by Gasteiger charge is 2.30. The van der Waals surface area contributed by atoms with E-state index in [0.717, 1.165) is 24.8 Å². The van der Waals surface area contributed by atoms with Crippen LogP contribution in [0, 0.1) is 11.3 Å². The molecular weight excluding hydrogens is 500 g/mol. The molecule has 0 saturated carbocycles. The molecule has 3 aliphatic heterocycles.